The Bertz CT molecular complexity index is 91.3. The summed E-state index contributed by atoms with van der Waals surface area (Å²) in [6.45, 7) is 6.39. The fraction of sp³-hybridized carbons (Fsp3) is 1.00. The van der Waals surface area contributed by atoms with Crippen molar-refractivity contribution in [3.05, 3.63) is 0 Å². The summed E-state index contributed by atoms with van der Waals surface area (Å²) in [7, 11) is 0. The maximum atomic E-state index is 8.60. The first-order chi connectivity index (χ1) is 4.83. The third kappa shape index (κ3) is 3.18. The van der Waals surface area contributed by atoms with Gasteiger partial charge in [-0.15, -0.1) is 0 Å². The number of aliphatic hydroxyl groups is 1. The van der Waals surface area contributed by atoms with Crippen LogP contribution in [0.25, 0.3) is 0 Å². The number of rotatable bonds is 5. The zero-order valence-corrected chi connectivity index (χ0v) is 6.71. The lowest BCUT2D eigenvalue weighted by Gasteiger charge is -2.08. The summed E-state index contributed by atoms with van der Waals surface area (Å²) in [6, 6.07) is 0. The summed E-state index contributed by atoms with van der Waals surface area (Å²) in [5.74, 6) is 0.700. The van der Waals surface area contributed by atoms with E-state index in [9.17, 15) is 0 Å². The van der Waals surface area contributed by atoms with Crippen LogP contribution >= 0.6 is 0 Å². The Hall–Kier alpha value is -0.0800. The molecule has 2 nitrogen and oxygen atoms in total. The third-order valence-corrected chi connectivity index (χ3v) is 2.10. The Balaban J connectivity index is 1.89. The summed E-state index contributed by atoms with van der Waals surface area (Å²) >= 11 is 0. The van der Waals surface area contributed by atoms with Crippen LogP contribution in [-0.4, -0.2) is 36.2 Å². The first-order valence-corrected chi connectivity index (χ1v) is 4.16. The van der Waals surface area contributed by atoms with Gasteiger partial charge in [0, 0.05) is 19.7 Å². The predicted molar refractivity (Wildman–Crippen MR) is 41.9 cm³/mol. The minimum absolute atomic E-state index is 0.348. The Kier molecular flexibility index (Phi) is 3.16. The smallest absolute Gasteiger partial charge is 0.0433 e. The van der Waals surface area contributed by atoms with Crippen LogP contribution in [0.1, 0.15) is 19.8 Å². The summed E-state index contributed by atoms with van der Waals surface area (Å²) in [5.41, 5.74) is 0. The fourth-order valence-corrected chi connectivity index (χ4v) is 1.06. The first-order valence-electron chi connectivity index (χ1n) is 4.16. The van der Waals surface area contributed by atoms with Gasteiger partial charge < -0.3 is 10.0 Å². The number of nitrogens with zero attached hydrogens (tertiary/aromatic N) is 1. The second-order valence-corrected chi connectivity index (χ2v) is 3.25. The molecule has 0 aliphatic carbocycles. The van der Waals surface area contributed by atoms with Gasteiger partial charge in [0.2, 0.25) is 0 Å². The van der Waals surface area contributed by atoms with Crippen LogP contribution in [0.3, 0.4) is 0 Å². The van der Waals surface area contributed by atoms with Crippen LogP contribution in [-0.2, 0) is 0 Å². The molecule has 1 N–H and O–H groups in total. The summed E-state index contributed by atoms with van der Waals surface area (Å²) < 4.78 is 0. The van der Waals surface area contributed by atoms with E-state index in [4.69, 9.17) is 5.11 Å². The third-order valence-electron chi connectivity index (χ3n) is 2.10. The fourth-order valence-electron chi connectivity index (χ4n) is 1.06. The standard InChI is InChI=1S/C8H17NO/c1-8(3-7-10)2-4-9-5-6-9/h8,10H,2-7H2,1H3. The largest absolute Gasteiger partial charge is 0.396 e. The Morgan fingerprint density at radius 2 is 2.10 bits per heavy atom. The molecule has 1 rings (SSSR count). The van der Waals surface area contributed by atoms with Crippen molar-refractivity contribution in [3.63, 3.8) is 0 Å². The normalized spacial score (nSPS) is 21.0. The molecule has 0 amide bonds. The molecule has 1 aliphatic rings. The molecule has 1 heterocycles. The number of hydrogen-bond acceptors (Lipinski definition) is 2. The molecule has 1 atom stereocenters. The van der Waals surface area contributed by atoms with E-state index >= 15 is 0 Å². The molecule has 1 fully saturated rings. The van der Waals surface area contributed by atoms with Gasteiger partial charge in [0.15, 0.2) is 0 Å². The van der Waals surface area contributed by atoms with Crippen LogP contribution in [0.2, 0.25) is 0 Å². The monoisotopic (exact) mass is 143 g/mol. The minimum atomic E-state index is 0.348. The lowest BCUT2D eigenvalue weighted by Crippen LogP contribution is -2.06. The van der Waals surface area contributed by atoms with Crippen LogP contribution in [0.15, 0.2) is 0 Å². The Morgan fingerprint density at radius 3 is 2.60 bits per heavy atom. The van der Waals surface area contributed by atoms with Gasteiger partial charge in [0.05, 0.1) is 0 Å². The molecular weight excluding hydrogens is 126 g/mol. The van der Waals surface area contributed by atoms with Gasteiger partial charge in [-0.2, -0.15) is 0 Å². The first kappa shape index (κ1) is 8.02. The van der Waals surface area contributed by atoms with E-state index in [0.29, 0.717) is 12.5 Å². The predicted octanol–water partition coefficient (Wildman–Crippen LogP) is 0.711. The summed E-state index contributed by atoms with van der Waals surface area (Å²) in [4.78, 5) is 2.42. The molecule has 0 radical (unpaired) electrons. The van der Waals surface area contributed by atoms with Crippen molar-refractivity contribution in [2.45, 2.75) is 19.8 Å². The Labute approximate surface area is 62.8 Å². The SMILES string of the molecule is CC(CCO)CCN1CC1. The molecule has 10 heavy (non-hydrogen) atoms. The van der Waals surface area contributed by atoms with Crippen molar-refractivity contribution in [2.24, 2.45) is 5.92 Å². The van der Waals surface area contributed by atoms with Crippen molar-refractivity contribution in [2.75, 3.05) is 26.2 Å². The van der Waals surface area contributed by atoms with Gasteiger partial charge in [0.1, 0.15) is 0 Å². The molecule has 1 unspecified atom stereocenters. The summed E-state index contributed by atoms with van der Waals surface area (Å²) in [6.07, 6.45) is 2.22. The van der Waals surface area contributed by atoms with Gasteiger partial charge >= 0.3 is 0 Å². The van der Waals surface area contributed by atoms with E-state index in [0.717, 1.165) is 6.42 Å². The van der Waals surface area contributed by atoms with Gasteiger partial charge in [-0.25, -0.2) is 0 Å². The molecule has 0 aromatic carbocycles. The highest BCUT2D eigenvalue weighted by atomic mass is 16.3. The van der Waals surface area contributed by atoms with Crippen LogP contribution in [0, 0.1) is 5.92 Å². The van der Waals surface area contributed by atoms with E-state index in [2.05, 4.69) is 11.8 Å². The van der Waals surface area contributed by atoms with E-state index in [1.165, 1.54) is 26.1 Å². The van der Waals surface area contributed by atoms with E-state index in [-0.39, 0.29) is 0 Å². The molecule has 0 saturated carbocycles. The number of aliphatic hydroxyl groups excluding tert-OH is 1. The molecule has 60 valence electrons. The minimum Gasteiger partial charge on any atom is -0.396 e. The highest BCUT2D eigenvalue weighted by Crippen LogP contribution is 2.11. The van der Waals surface area contributed by atoms with Crippen LogP contribution in [0.5, 0.6) is 0 Å². The zero-order chi connectivity index (χ0) is 7.40. The van der Waals surface area contributed by atoms with Crippen molar-refractivity contribution in [3.8, 4) is 0 Å². The van der Waals surface area contributed by atoms with Gasteiger partial charge in [-0.3, -0.25) is 0 Å². The van der Waals surface area contributed by atoms with Crippen molar-refractivity contribution < 1.29 is 5.11 Å². The summed E-state index contributed by atoms with van der Waals surface area (Å²) in [5, 5.41) is 8.60. The molecule has 0 spiro atoms. The average Bonchev–Trinajstić information content (AvgIpc) is 2.67. The zero-order valence-electron chi connectivity index (χ0n) is 6.71. The Morgan fingerprint density at radius 1 is 1.40 bits per heavy atom. The van der Waals surface area contributed by atoms with Crippen molar-refractivity contribution in [1.82, 2.24) is 4.90 Å². The maximum absolute atomic E-state index is 8.60. The van der Waals surface area contributed by atoms with Crippen molar-refractivity contribution in [1.29, 1.82) is 0 Å². The second-order valence-electron chi connectivity index (χ2n) is 3.25. The molecule has 0 bridgehead atoms. The van der Waals surface area contributed by atoms with E-state index in [1.807, 2.05) is 0 Å². The topological polar surface area (TPSA) is 23.2 Å². The highest BCUT2D eigenvalue weighted by molar-refractivity contribution is 4.72. The van der Waals surface area contributed by atoms with Crippen LogP contribution < -0.4 is 0 Å². The average molecular weight is 143 g/mol. The molecular formula is C8H17NO. The van der Waals surface area contributed by atoms with Gasteiger partial charge in [0.25, 0.3) is 0 Å². The molecule has 1 saturated heterocycles. The second kappa shape index (κ2) is 3.94. The molecule has 1 aliphatic heterocycles. The van der Waals surface area contributed by atoms with Gasteiger partial charge in [-0.1, -0.05) is 6.92 Å². The highest BCUT2D eigenvalue weighted by Gasteiger charge is 2.16. The molecule has 0 aromatic rings. The van der Waals surface area contributed by atoms with Crippen molar-refractivity contribution >= 4 is 0 Å². The van der Waals surface area contributed by atoms with E-state index in [1.54, 1.807) is 0 Å². The maximum Gasteiger partial charge on any atom is 0.0433 e. The quantitative estimate of drug-likeness (QED) is 0.573. The lowest BCUT2D eigenvalue weighted by atomic mass is 10.1. The van der Waals surface area contributed by atoms with Gasteiger partial charge in [-0.05, 0) is 25.3 Å². The molecule has 2 heteroatoms. The lowest BCUT2D eigenvalue weighted by molar-refractivity contribution is 0.255. The number of hydrogen-bond donors (Lipinski definition) is 1. The van der Waals surface area contributed by atoms with Crippen LogP contribution in [0.4, 0.5) is 0 Å². The van der Waals surface area contributed by atoms with E-state index < -0.39 is 0 Å². The molecule has 0 aromatic heterocycles.